The van der Waals surface area contributed by atoms with Crippen molar-refractivity contribution in [2.45, 2.75) is 102 Å². The van der Waals surface area contributed by atoms with Crippen molar-refractivity contribution >= 4 is 54.9 Å². The molecule has 1 aliphatic heterocycles. The lowest BCUT2D eigenvalue weighted by atomic mass is 10.00. The minimum absolute atomic E-state index is 0.00709. The summed E-state index contributed by atoms with van der Waals surface area (Å²) in [5, 5.41) is 31.5. The summed E-state index contributed by atoms with van der Waals surface area (Å²) in [4.78, 5) is 99.9. The van der Waals surface area contributed by atoms with Gasteiger partial charge in [-0.3, -0.25) is 33.3 Å². The number of rotatable bonds is 30. The number of carbonyl (C=O) groups is 7. The van der Waals surface area contributed by atoms with Crippen LogP contribution in [0.2, 0.25) is 0 Å². The lowest BCUT2D eigenvalue weighted by molar-refractivity contribution is -0.142. The summed E-state index contributed by atoms with van der Waals surface area (Å²) in [6, 6.07) is 30.3. The van der Waals surface area contributed by atoms with Gasteiger partial charge in [-0.1, -0.05) is 103 Å². The number of aliphatic carboxylic acids is 2. The van der Waals surface area contributed by atoms with E-state index in [-0.39, 0.29) is 90.1 Å². The van der Waals surface area contributed by atoms with Crippen LogP contribution in [-0.2, 0) is 55.6 Å². The molecular weight excluding hydrogens is 944 g/mol. The highest BCUT2D eigenvalue weighted by molar-refractivity contribution is 7.50. The van der Waals surface area contributed by atoms with Gasteiger partial charge in [-0.05, 0) is 79.0 Å². The second kappa shape index (κ2) is 29.2. The van der Waals surface area contributed by atoms with Gasteiger partial charge in [0.25, 0.3) is 0 Å². The monoisotopic (exact) mass is 1010 g/mol. The third-order valence-electron chi connectivity index (χ3n) is 11.6. The molecule has 1 heterocycles. The molecule has 5 amide bonds. The van der Waals surface area contributed by atoms with Crippen LogP contribution in [0.15, 0.2) is 103 Å². The molecule has 4 aromatic rings. The van der Waals surface area contributed by atoms with Crippen LogP contribution < -0.4 is 31.3 Å². The molecule has 5 rings (SSSR count). The molecule has 0 radical (unpaired) electrons. The molecule has 1 aliphatic rings. The minimum atomic E-state index is -4.08. The van der Waals surface area contributed by atoms with E-state index in [1.165, 1.54) is 0 Å². The van der Waals surface area contributed by atoms with Crippen LogP contribution in [0.1, 0.15) is 99.3 Å². The number of fused-ring (bicyclic) bond motifs is 2. The van der Waals surface area contributed by atoms with Gasteiger partial charge in [0, 0.05) is 69.3 Å². The molecule has 19 heteroatoms. The van der Waals surface area contributed by atoms with Crippen molar-refractivity contribution < 1.29 is 57.8 Å². The van der Waals surface area contributed by atoms with Crippen LogP contribution in [0.5, 0.6) is 0 Å². The maximum Gasteiger partial charge on any atom is 0.402 e. The van der Waals surface area contributed by atoms with Crippen molar-refractivity contribution in [3.8, 4) is 23.0 Å². The minimum Gasteiger partial charge on any atom is -0.481 e. The fraction of sp³-hybridized carbons (Fsp3) is 0.377. The average Bonchev–Trinajstić information content (AvgIpc) is 3.36. The Balaban J connectivity index is 1.04. The van der Waals surface area contributed by atoms with Gasteiger partial charge in [-0.2, -0.15) is 0 Å². The van der Waals surface area contributed by atoms with Crippen LogP contribution >= 0.6 is 7.75 Å². The molecule has 72 heavy (non-hydrogen) atoms. The smallest absolute Gasteiger partial charge is 0.402 e. The molecule has 8 N–H and O–H groups in total. The van der Waals surface area contributed by atoms with E-state index < -0.39 is 55.4 Å². The summed E-state index contributed by atoms with van der Waals surface area (Å²) in [6.45, 7) is 0.638. The molecule has 0 fully saturated rings. The number of carbonyl (C=O) groups excluding carboxylic acids is 5. The van der Waals surface area contributed by atoms with Crippen molar-refractivity contribution in [1.82, 2.24) is 26.4 Å². The number of carboxylic acid groups (broad SMARTS) is 2. The van der Waals surface area contributed by atoms with Crippen molar-refractivity contribution in [3.05, 3.63) is 125 Å². The van der Waals surface area contributed by atoms with Crippen molar-refractivity contribution in [2.24, 2.45) is 0 Å². The Morgan fingerprint density at radius 1 is 0.611 bits per heavy atom. The lowest BCUT2D eigenvalue weighted by Crippen LogP contribution is -2.48. The number of anilines is 1. The van der Waals surface area contributed by atoms with E-state index in [0.29, 0.717) is 43.4 Å². The van der Waals surface area contributed by atoms with E-state index >= 15 is 0 Å². The number of para-hydroxylation sites is 1. The summed E-state index contributed by atoms with van der Waals surface area (Å²) in [5.41, 5.74) is 5.90. The third kappa shape index (κ3) is 19.6. The first-order valence-corrected chi connectivity index (χ1v) is 25.7. The maximum atomic E-state index is 13.8. The van der Waals surface area contributed by atoms with Gasteiger partial charge in [0.2, 0.25) is 29.5 Å². The predicted molar refractivity (Wildman–Crippen MR) is 270 cm³/mol. The molecule has 1 unspecified atom stereocenters. The van der Waals surface area contributed by atoms with Gasteiger partial charge >= 0.3 is 19.7 Å². The Labute approximate surface area is 419 Å². The van der Waals surface area contributed by atoms with Crippen LogP contribution in [0, 0.1) is 11.8 Å². The van der Waals surface area contributed by atoms with Crippen molar-refractivity contribution in [1.29, 1.82) is 0 Å². The molecule has 3 atom stereocenters. The Bertz CT molecular complexity index is 2600. The maximum absolute atomic E-state index is 13.8. The van der Waals surface area contributed by atoms with Crippen LogP contribution in [0.25, 0.3) is 11.1 Å². The molecule has 382 valence electrons. The zero-order chi connectivity index (χ0) is 51.7. The Hall–Kier alpha value is -7.16. The average molecular weight is 1010 g/mol. The zero-order valence-electron chi connectivity index (χ0n) is 40.1. The summed E-state index contributed by atoms with van der Waals surface area (Å²) in [7, 11) is -4.08. The number of hydrogen-bond acceptors (Lipinski definition) is 9. The first-order chi connectivity index (χ1) is 34.7. The topological polar surface area (TPSA) is 270 Å². The quantitative estimate of drug-likeness (QED) is 0.0180. The summed E-state index contributed by atoms with van der Waals surface area (Å²) in [6.07, 6.45) is 1.77. The number of nitrogens with zero attached hydrogens (tertiary/aromatic N) is 1. The van der Waals surface area contributed by atoms with Crippen LogP contribution in [-0.4, -0.2) is 94.9 Å². The van der Waals surface area contributed by atoms with Gasteiger partial charge in [0.1, 0.15) is 12.1 Å². The zero-order valence-corrected chi connectivity index (χ0v) is 41.0. The molecule has 4 aromatic carbocycles. The largest absolute Gasteiger partial charge is 0.481 e. The number of nitrogens with one attached hydrogen (secondary N) is 5. The number of unbranched alkanes of at least 4 members (excludes halogenated alkanes) is 3. The van der Waals surface area contributed by atoms with Gasteiger partial charge in [-0.25, -0.2) is 14.4 Å². The van der Waals surface area contributed by atoms with Gasteiger partial charge in [0.15, 0.2) is 0 Å². The summed E-state index contributed by atoms with van der Waals surface area (Å²) < 4.78 is 16.9. The van der Waals surface area contributed by atoms with Gasteiger partial charge in [-0.15, -0.1) is 0 Å². The number of carboxylic acids is 2. The molecule has 0 spiro atoms. The van der Waals surface area contributed by atoms with E-state index in [1.807, 2.05) is 103 Å². The lowest BCUT2D eigenvalue weighted by Gasteiger charge is -2.26. The van der Waals surface area contributed by atoms with E-state index in [4.69, 9.17) is 9.63 Å². The van der Waals surface area contributed by atoms with Crippen molar-refractivity contribution in [2.75, 3.05) is 31.1 Å². The second-order valence-corrected chi connectivity index (χ2v) is 18.8. The molecular formula is C53H63N6O12P. The number of benzene rings is 4. The fourth-order valence-electron chi connectivity index (χ4n) is 7.70. The molecule has 0 bridgehead atoms. The first kappa shape index (κ1) is 55.8. The summed E-state index contributed by atoms with van der Waals surface area (Å²) in [5.74, 6) is 1.99. The number of amides is 5. The molecule has 0 saturated carbocycles. The highest BCUT2D eigenvalue weighted by Gasteiger charge is 2.26. The Kier molecular flexibility index (Phi) is 22.7. The van der Waals surface area contributed by atoms with E-state index in [0.717, 1.165) is 27.8 Å². The van der Waals surface area contributed by atoms with E-state index in [2.05, 4.69) is 38.2 Å². The first-order valence-electron chi connectivity index (χ1n) is 24.1. The fourth-order valence-corrected chi connectivity index (χ4v) is 8.61. The highest BCUT2D eigenvalue weighted by Crippen LogP contribution is 2.36. The molecule has 0 aromatic heterocycles. The highest BCUT2D eigenvalue weighted by atomic mass is 31.2. The van der Waals surface area contributed by atoms with Crippen LogP contribution in [0.4, 0.5) is 5.69 Å². The van der Waals surface area contributed by atoms with E-state index in [9.17, 15) is 48.1 Å². The third-order valence-corrected chi connectivity index (χ3v) is 12.8. The van der Waals surface area contributed by atoms with Gasteiger partial charge in [0.05, 0.1) is 18.8 Å². The summed E-state index contributed by atoms with van der Waals surface area (Å²) >= 11 is 0. The van der Waals surface area contributed by atoms with Crippen LogP contribution in [0.3, 0.4) is 0 Å². The SMILES string of the molecule is O=C(O)CCCNP(=O)(O)OCCCCNC(=O)CC[C@H](NC(=O)CCCCCNC(=O)[C@H](Cc1ccc(-c2ccccc2)cc1)NC(=O)CCC(=O)N1Cc2ccccc2C#Cc2ccccc21)C(=O)O. The standard InChI is InChI=1S/C53H63N6O12P/c60-47(54-32-11-12-35-71-72(69,70)56-34-13-21-51(64)65)29-28-44(53(67)68)57-48(61)20-5-2-10-33-55-52(66)45(36-38-22-24-41(25-23-38)39-14-3-1-4-15-39)58-49(62)30-31-50(63)59-37-43-18-7-6-16-40(43)26-27-42-17-8-9-19-46(42)59/h1,3-4,6-9,14-19,22-25,44-45H,2,5,10-13,20-21,28-37H2,(H,54,60)(H,55,66)(H,57,61)(H,58,62)(H,64,65)(H,67,68)(H2,56,69,70)/t44-,45-/m0/s1. The second-order valence-electron chi connectivity index (χ2n) is 17.2. The molecule has 0 aliphatic carbocycles. The Morgan fingerprint density at radius 3 is 2.00 bits per heavy atom. The van der Waals surface area contributed by atoms with E-state index in [1.54, 1.807) is 4.90 Å². The van der Waals surface area contributed by atoms with Crippen molar-refractivity contribution in [3.63, 3.8) is 0 Å². The molecule has 18 nitrogen and oxygen atoms in total. The number of hydrogen-bond donors (Lipinski definition) is 8. The normalized spacial score (nSPS) is 13.2. The Morgan fingerprint density at radius 2 is 1.25 bits per heavy atom. The molecule has 0 saturated heterocycles. The predicted octanol–water partition coefficient (Wildman–Crippen LogP) is 5.60. The van der Waals surface area contributed by atoms with Gasteiger partial charge < -0.3 is 41.3 Å².